The number of ether oxygens (including phenoxy) is 2. The third-order valence-corrected chi connectivity index (χ3v) is 5.01. The standard InChI is InChI=1S/C17H30N4O3.HI/c1-17(2,3)24-16(22)21-8-6-20(7-9-21)15(18)19-13-11-14-12(13)5-4-10-23-14;/h12-14H,4-11H2,1-3H3,(H2,18,19);1H. The van der Waals surface area contributed by atoms with Crippen molar-refractivity contribution in [3.63, 3.8) is 0 Å². The Labute approximate surface area is 167 Å². The number of rotatable bonds is 1. The highest BCUT2D eigenvalue weighted by Gasteiger charge is 2.43. The number of piperazine rings is 1. The Bertz CT molecular complexity index is 501. The first-order valence-corrected chi connectivity index (χ1v) is 9.01. The number of amides is 1. The normalized spacial score (nSPS) is 30.0. The quantitative estimate of drug-likeness (QED) is 0.364. The molecule has 2 saturated heterocycles. The molecule has 0 aromatic heterocycles. The molecule has 0 aromatic carbocycles. The van der Waals surface area contributed by atoms with Crippen LogP contribution in [-0.2, 0) is 9.47 Å². The molecule has 0 spiro atoms. The molecule has 25 heavy (non-hydrogen) atoms. The Morgan fingerprint density at radius 2 is 1.84 bits per heavy atom. The van der Waals surface area contributed by atoms with E-state index in [2.05, 4.69) is 4.90 Å². The number of fused-ring (bicyclic) bond motifs is 1. The lowest BCUT2D eigenvalue weighted by Gasteiger charge is -2.46. The number of halogens is 1. The van der Waals surface area contributed by atoms with Crippen LogP contribution in [0.25, 0.3) is 0 Å². The summed E-state index contributed by atoms with van der Waals surface area (Å²) in [5.41, 5.74) is 5.74. The fraction of sp³-hybridized carbons (Fsp3) is 0.882. The molecule has 2 heterocycles. The summed E-state index contributed by atoms with van der Waals surface area (Å²) in [6, 6.07) is 0.305. The summed E-state index contributed by atoms with van der Waals surface area (Å²) in [6.07, 6.45) is 3.45. The SMILES string of the molecule is CC(C)(C)OC(=O)N1CCN(C(N)=NC2CC3OCCCC23)CC1.I. The van der Waals surface area contributed by atoms with Crippen LogP contribution in [-0.4, -0.2) is 72.4 Å². The fourth-order valence-electron chi connectivity index (χ4n) is 3.61. The van der Waals surface area contributed by atoms with Gasteiger partial charge in [0, 0.05) is 38.7 Å². The van der Waals surface area contributed by atoms with Crippen molar-refractivity contribution in [2.45, 2.75) is 57.8 Å². The summed E-state index contributed by atoms with van der Waals surface area (Å²) >= 11 is 0. The Kier molecular flexibility index (Phi) is 6.80. The van der Waals surface area contributed by atoms with Gasteiger partial charge in [-0.1, -0.05) is 0 Å². The van der Waals surface area contributed by atoms with E-state index in [1.165, 1.54) is 6.42 Å². The molecule has 2 N–H and O–H groups in total. The Hall–Kier alpha value is -0.770. The predicted molar refractivity (Wildman–Crippen MR) is 107 cm³/mol. The Balaban J connectivity index is 0.00000225. The molecule has 8 heteroatoms. The van der Waals surface area contributed by atoms with Gasteiger partial charge in [-0.05, 0) is 40.0 Å². The summed E-state index contributed by atoms with van der Waals surface area (Å²) in [6.45, 7) is 9.17. The molecular weight excluding hydrogens is 435 g/mol. The highest BCUT2D eigenvalue weighted by Crippen LogP contribution is 2.39. The third kappa shape index (κ3) is 5.12. The van der Waals surface area contributed by atoms with Crippen molar-refractivity contribution >= 4 is 36.0 Å². The van der Waals surface area contributed by atoms with Gasteiger partial charge in [-0.25, -0.2) is 9.79 Å². The smallest absolute Gasteiger partial charge is 0.410 e. The summed E-state index contributed by atoms with van der Waals surface area (Å²) in [4.78, 5) is 20.6. The Morgan fingerprint density at radius 1 is 1.20 bits per heavy atom. The van der Waals surface area contributed by atoms with Gasteiger partial charge in [0.2, 0.25) is 0 Å². The second kappa shape index (κ2) is 8.28. The van der Waals surface area contributed by atoms with Crippen molar-refractivity contribution in [3.8, 4) is 0 Å². The summed E-state index contributed by atoms with van der Waals surface area (Å²) in [7, 11) is 0. The van der Waals surface area contributed by atoms with E-state index in [1.807, 2.05) is 20.8 Å². The van der Waals surface area contributed by atoms with Crippen molar-refractivity contribution in [1.29, 1.82) is 0 Å². The number of carbonyl (C=O) groups is 1. The van der Waals surface area contributed by atoms with E-state index in [9.17, 15) is 4.79 Å². The van der Waals surface area contributed by atoms with Gasteiger partial charge in [0.15, 0.2) is 5.96 Å². The lowest BCUT2D eigenvalue weighted by atomic mass is 9.73. The molecule has 1 saturated carbocycles. The van der Waals surface area contributed by atoms with Crippen LogP contribution < -0.4 is 5.73 Å². The monoisotopic (exact) mass is 466 g/mol. The molecule has 3 rings (SSSR count). The van der Waals surface area contributed by atoms with Crippen LogP contribution in [0, 0.1) is 5.92 Å². The van der Waals surface area contributed by atoms with E-state index < -0.39 is 5.60 Å². The average Bonchev–Trinajstić information content (AvgIpc) is 2.51. The lowest BCUT2D eigenvalue weighted by Crippen LogP contribution is -2.55. The molecule has 0 aromatic rings. The van der Waals surface area contributed by atoms with E-state index in [0.717, 1.165) is 19.4 Å². The average molecular weight is 466 g/mol. The van der Waals surface area contributed by atoms with Crippen LogP contribution in [0.1, 0.15) is 40.0 Å². The van der Waals surface area contributed by atoms with Crippen molar-refractivity contribution in [3.05, 3.63) is 0 Å². The number of hydrogen-bond acceptors (Lipinski definition) is 4. The first kappa shape index (κ1) is 20.5. The highest BCUT2D eigenvalue weighted by molar-refractivity contribution is 14.0. The zero-order valence-corrected chi connectivity index (χ0v) is 17.8. The molecule has 0 radical (unpaired) electrons. The molecule has 2 aliphatic heterocycles. The number of carbonyl (C=O) groups excluding carboxylic acids is 1. The molecule has 3 aliphatic rings. The largest absolute Gasteiger partial charge is 0.444 e. The minimum Gasteiger partial charge on any atom is -0.444 e. The van der Waals surface area contributed by atoms with Crippen molar-refractivity contribution < 1.29 is 14.3 Å². The van der Waals surface area contributed by atoms with Gasteiger partial charge in [-0.3, -0.25) is 0 Å². The number of nitrogens with two attached hydrogens (primary N) is 1. The lowest BCUT2D eigenvalue weighted by molar-refractivity contribution is -0.0940. The minimum atomic E-state index is -0.461. The first-order valence-electron chi connectivity index (χ1n) is 9.01. The van der Waals surface area contributed by atoms with Crippen molar-refractivity contribution in [1.82, 2.24) is 9.80 Å². The molecule has 144 valence electrons. The summed E-state index contributed by atoms with van der Waals surface area (Å²) in [5, 5.41) is 0. The molecule has 7 nitrogen and oxygen atoms in total. The van der Waals surface area contributed by atoms with Crippen molar-refractivity contribution in [2.75, 3.05) is 32.8 Å². The van der Waals surface area contributed by atoms with E-state index in [1.54, 1.807) is 4.90 Å². The van der Waals surface area contributed by atoms with Crippen molar-refractivity contribution in [2.24, 2.45) is 16.6 Å². The second-order valence-corrected chi connectivity index (χ2v) is 7.96. The van der Waals surface area contributed by atoms with Crippen LogP contribution in [0.4, 0.5) is 4.79 Å². The molecule has 3 atom stereocenters. The van der Waals surface area contributed by atoms with Gasteiger partial charge in [0.25, 0.3) is 0 Å². The maximum Gasteiger partial charge on any atom is 0.410 e. The van der Waals surface area contributed by atoms with Gasteiger partial charge in [0.1, 0.15) is 5.60 Å². The highest BCUT2D eigenvalue weighted by atomic mass is 127. The van der Waals surface area contributed by atoms with Crippen LogP contribution in [0.2, 0.25) is 0 Å². The van der Waals surface area contributed by atoms with Gasteiger partial charge in [-0.2, -0.15) is 0 Å². The molecule has 3 unspecified atom stereocenters. The van der Waals surface area contributed by atoms with E-state index in [4.69, 9.17) is 20.2 Å². The minimum absolute atomic E-state index is 0. The summed E-state index contributed by atoms with van der Waals surface area (Å²) < 4.78 is 11.1. The predicted octanol–water partition coefficient (Wildman–Crippen LogP) is 2.04. The topological polar surface area (TPSA) is 80.4 Å². The van der Waals surface area contributed by atoms with Gasteiger partial charge in [-0.15, -0.1) is 24.0 Å². The fourth-order valence-corrected chi connectivity index (χ4v) is 3.61. The number of aliphatic imine (C=N–C) groups is 1. The molecular formula is C17H31IN4O3. The van der Waals surface area contributed by atoms with Gasteiger partial charge in [0.05, 0.1) is 12.1 Å². The van der Waals surface area contributed by atoms with Gasteiger partial charge < -0.3 is 25.0 Å². The molecule has 1 amide bonds. The molecule has 1 aliphatic carbocycles. The molecule has 3 fully saturated rings. The Morgan fingerprint density at radius 3 is 2.44 bits per heavy atom. The third-order valence-electron chi connectivity index (χ3n) is 5.01. The zero-order valence-electron chi connectivity index (χ0n) is 15.4. The first-order chi connectivity index (χ1) is 11.3. The van der Waals surface area contributed by atoms with Crippen LogP contribution in [0.15, 0.2) is 4.99 Å². The van der Waals surface area contributed by atoms with E-state index in [0.29, 0.717) is 50.2 Å². The van der Waals surface area contributed by atoms with E-state index >= 15 is 0 Å². The van der Waals surface area contributed by atoms with Gasteiger partial charge >= 0.3 is 6.09 Å². The molecule has 0 bridgehead atoms. The zero-order chi connectivity index (χ0) is 17.3. The van der Waals surface area contributed by atoms with Crippen LogP contribution >= 0.6 is 24.0 Å². The van der Waals surface area contributed by atoms with E-state index in [-0.39, 0.29) is 30.1 Å². The summed E-state index contributed by atoms with van der Waals surface area (Å²) in [5.74, 6) is 1.15. The maximum atomic E-state index is 12.1. The van der Waals surface area contributed by atoms with Crippen LogP contribution in [0.5, 0.6) is 0 Å². The maximum absolute atomic E-state index is 12.1. The number of hydrogen-bond donors (Lipinski definition) is 1. The van der Waals surface area contributed by atoms with Crippen LogP contribution in [0.3, 0.4) is 0 Å². The number of guanidine groups is 1. The number of nitrogens with zero attached hydrogens (tertiary/aromatic N) is 3. The second-order valence-electron chi connectivity index (χ2n) is 7.96.